The van der Waals surface area contributed by atoms with Gasteiger partial charge in [-0.2, -0.15) is 5.10 Å². The minimum atomic E-state index is -0.550. The van der Waals surface area contributed by atoms with Crippen LogP contribution >= 0.6 is 0 Å². The summed E-state index contributed by atoms with van der Waals surface area (Å²) in [5, 5.41) is 8.43. The van der Waals surface area contributed by atoms with Crippen molar-refractivity contribution in [1.82, 2.24) is 14.9 Å². The van der Waals surface area contributed by atoms with Crippen molar-refractivity contribution in [2.24, 2.45) is 5.73 Å². The summed E-state index contributed by atoms with van der Waals surface area (Å²) in [7, 11) is 0. The Hall–Kier alpha value is -3.61. The second-order valence-electron chi connectivity index (χ2n) is 5.37. The number of rotatable bonds is 3. The third-order valence-corrected chi connectivity index (χ3v) is 3.92. The summed E-state index contributed by atoms with van der Waals surface area (Å²) in [5.41, 5.74) is 10.2. The second-order valence-corrected chi connectivity index (χ2v) is 5.37. The third-order valence-electron chi connectivity index (χ3n) is 3.92. The Kier molecular flexibility index (Phi) is 3.06. The molecular weight excluding hydrogens is 306 g/mol. The number of amides is 2. The smallest absolute Gasteiger partial charge is 0.272 e. The van der Waals surface area contributed by atoms with Crippen LogP contribution in [0.15, 0.2) is 54.9 Å². The van der Waals surface area contributed by atoms with Gasteiger partial charge in [0.15, 0.2) is 0 Å². The van der Waals surface area contributed by atoms with Gasteiger partial charge in [0.2, 0.25) is 0 Å². The minimum absolute atomic E-state index is 0.318. The molecule has 0 unspecified atom stereocenters. The Morgan fingerprint density at radius 1 is 1.04 bits per heavy atom. The maximum Gasteiger partial charge on any atom is 0.272 e. The van der Waals surface area contributed by atoms with Gasteiger partial charge in [0.25, 0.3) is 11.8 Å². The number of para-hydroxylation sites is 2. The van der Waals surface area contributed by atoms with Gasteiger partial charge in [-0.3, -0.25) is 24.8 Å². The van der Waals surface area contributed by atoms with Crippen molar-refractivity contribution in [3.8, 4) is 0 Å². The molecule has 0 fully saturated rings. The van der Waals surface area contributed by atoms with E-state index in [0.29, 0.717) is 22.2 Å². The zero-order valence-electron chi connectivity index (χ0n) is 12.5. The Morgan fingerprint density at radius 2 is 1.79 bits per heavy atom. The summed E-state index contributed by atoms with van der Waals surface area (Å²) in [6.45, 7) is 0. The number of fused-ring (bicyclic) bond motifs is 2. The number of carbonyl (C=O) groups excluding carboxylic acids is 2. The fourth-order valence-corrected chi connectivity index (χ4v) is 2.81. The second kappa shape index (κ2) is 5.24. The van der Waals surface area contributed by atoms with Gasteiger partial charge < -0.3 is 5.73 Å². The molecule has 7 heteroatoms. The van der Waals surface area contributed by atoms with Gasteiger partial charge in [0.05, 0.1) is 28.4 Å². The number of nitrogens with two attached hydrogens (primary N) is 1. The lowest BCUT2D eigenvalue weighted by Gasteiger charge is -2.10. The van der Waals surface area contributed by atoms with Crippen molar-refractivity contribution < 1.29 is 9.59 Å². The van der Waals surface area contributed by atoms with E-state index >= 15 is 0 Å². The van der Waals surface area contributed by atoms with E-state index in [0.717, 1.165) is 10.8 Å². The average Bonchev–Trinajstić information content (AvgIpc) is 3.21. The lowest BCUT2D eigenvalue weighted by Crippen LogP contribution is -2.23. The van der Waals surface area contributed by atoms with Gasteiger partial charge in [-0.1, -0.05) is 24.3 Å². The molecule has 0 aliphatic rings. The maximum atomic E-state index is 12.7. The molecule has 2 aromatic heterocycles. The fourth-order valence-electron chi connectivity index (χ4n) is 2.81. The van der Waals surface area contributed by atoms with E-state index in [-0.39, 0.29) is 5.91 Å². The largest absolute Gasteiger partial charge is 0.366 e. The van der Waals surface area contributed by atoms with Crippen molar-refractivity contribution >= 4 is 33.6 Å². The maximum absolute atomic E-state index is 12.7. The van der Waals surface area contributed by atoms with E-state index < -0.39 is 5.91 Å². The number of benzene rings is 2. The molecule has 0 aliphatic carbocycles. The number of nitrogens with zero attached hydrogens (tertiary/aromatic N) is 2. The van der Waals surface area contributed by atoms with Crippen molar-refractivity contribution in [3.05, 3.63) is 66.0 Å². The molecule has 2 aromatic carbocycles. The number of carbonyl (C=O) groups is 2. The molecule has 0 atom stereocenters. The van der Waals surface area contributed by atoms with Crippen LogP contribution in [0, 0.1) is 0 Å². The highest BCUT2D eigenvalue weighted by Gasteiger charge is 2.15. The van der Waals surface area contributed by atoms with Crippen molar-refractivity contribution in [2.75, 3.05) is 5.43 Å². The van der Waals surface area contributed by atoms with Crippen LogP contribution in [0.25, 0.3) is 21.8 Å². The molecule has 4 aromatic rings. The molecule has 7 nitrogen and oxygen atoms in total. The molecule has 0 aliphatic heterocycles. The predicted octanol–water partition coefficient (Wildman–Crippen LogP) is 2.00. The highest BCUT2D eigenvalue weighted by Crippen LogP contribution is 2.20. The highest BCUT2D eigenvalue weighted by molar-refractivity contribution is 6.10. The number of H-pyrrole nitrogens is 1. The molecule has 2 heterocycles. The lowest BCUT2D eigenvalue weighted by atomic mass is 10.1. The molecule has 0 spiro atoms. The molecule has 118 valence electrons. The van der Waals surface area contributed by atoms with E-state index in [9.17, 15) is 9.59 Å². The Balaban J connectivity index is 1.78. The van der Waals surface area contributed by atoms with E-state index in [1.807, 2.05) is 12.1 Å². The monoisotopic (exact) mass is 319 g/mol. The first-order chi connectivity index (χ1) is 11.6. The number of hydrogen-bond acceptors (Lipinski definition) is 3. The number of primary amides is 1. The van der Waals surface area contributed by atoms with E-state index in [4.69, 9.17) is 5.73 Å². The standard InChI is InChI=1S/C17H13N5O2/c18-16(23)13-6-1-3-10-7-8-22(15(10)13)21-17(24)12-5-2-4-11-9-19-20-14(11)12/h1-9H,(H2,18,23)(H,19,20)(H,21,24). The average molecular weight is 319 g/mol. The van der Waals surface area contributed by atoms with Gasteiger partial charge in [0, 0.05) is 17.0 Å². The van der Waals surface area contributed by atoms with Crippen LogP contribution in [0.5, 0.6) is 0 Å². The van der Waals surface area contributed by atoms with Crippen molar-refractivity contribution in [1.29, 1.82) is 0 Å². The number of nitrogens with one attached hydrogen (secondary N) is 2. The van der Waals surface area contributed by atoms with E-state index in [1.54, 1.807) is 42.7 Å². The normalized spacial score (nSPS) is 11.0. The first kappa shape index (κ1) is 14.0. The summed E-state index contributed by atoms with van der Waals surface area (Å²) in [6, 6.07) is 12.4. The molecule has 2 amide bonds. The van der Waals surface area contributed by atoms with Crippen LogP contribution in [-0.4, -0.2) is 26.7 Å². The molecule has 0 bridgehead atoms. The van der Waals surface area contributed by atoms with Gasteiger partial charge in [-0.15, -0.1) is 0 Å². The summed E-state index contributed by atoms with van der Waals surface area (Å²) in [6.07, 6.45) is 3.34. The first-order valence-corrected chi connectivity index (χ1v) is 7.28. The fraction of sp³-hybridized carbons (Fsp3) is 0. The van der Waals surface area contributed by atoms with Crippen LogP contribution in [0.4, 0.5) is 0 Å². The van der Waals surface area contributed by atoms with Gasteiger partial charge >= 0.3 is 0 Å². The van der Waals surface area contributed by atoms with E-state index in [1.165, 1.54) is 4.68 Å². The van der Waals surface area contributed by atoms with Crippen LogP contribution in [-0.2, 0) is 0 Å². The zero-order valence-corrected chi connectivity index (χ0v) is 12.5. The SMILES string of the molecule is NC(=O)c1cccc2ccn(NC(=O)c3cccc4cn[nH]c34)c12. The van der Waals surface area contributed by atoms with Crippen LogP contribution in [0.2, 0.25) is 0 Å². The molecule has 4 N–H and O–H groups in total. The summed E-state index contributed by atoms with van der Waals surface area (Å²) >= 11 is 0. The van der Waals surface area contributed by atoms with Crippen LogP contribution < -0.4 is 11.2 Å². The number of aromatic nitrogens is 3. The third kappa shape index (κ3) is 2.11. The molecule has 0 saturated carbocycles. The molecule has 4 rings (SSSR count). The Labute approximate surface area is 136 Å². The molecule has 0 radical (unpaired) electrons. The highest BCUT2D eigenvalue weighted by atomic mass is 16.2. The lowest BCUT2D eigenvalue weighted by molar-refractivity contribution is 0.0993. The van der Waals surface area contributed by atoms with Gasteiger partial charge in [-0.25, -0.2) is 0 Å². The summed E-state index contributed by atoms with van der Waals surface area (Å²) in [5.74, 6) is -0.868. The van der Waals surface area contributed by atoms with Gasteiger partial charge in [0.1, 0.15) is 0 Å². The predicted molar refractivity (Wildman–Crippen MR) is 90.2 cm³/mol. The first-order valence-electron chi connectivity index (χ1n) is 7.28. The van der Waals surface area contributed by atoms with E-state index in [2.05, 4.69) is 15.6 Å². The van der Waals surface area contributed by atoms with Crippen LogP contribution in [0.3, 0.4) is 0 Å². The molecule has 24 heavy (non-hydrogen) atoms. The summed E-state index contributed by atoms with van der Waals surface area (Å²) < 4.78 is 1.51. The minimum Gasteiger partial charge on any atom is -0.366 e. The quantitative estimate of drug-likeness (QED) is 0.537. The molecular formula is C17H13N5O2. The van der Waals surface area contributed by atoms with Gasteiger partial charge in [-0.05, 0) is 18.2 Å². The van der Waals surface area contributed by atoms with Crippen molar-refractivity contribution in [2.45, 2.75) is 0 Å². The number of aromatic amines is 1. The Bertz CT molecular complexity index is 1090. The number of hydrogen-bond donors (Lipinski definition) is 3. The Morgan fingerprint density at radius 3 is 2.58 bits per heavy atom. The zero-order chi connectivity index (χ0) is 16.7. The van der Waals surface area contributed by atoms with Crippen molar-refractivity contribution in [3.63, 3.8) is 0 Å². The summed E-state index contributed by atoms with van der Waals surface area (Å²) in [4.78, 5) is 24.3. The topological polar surface area (TPSA) is 106 Å². The molecule has 0 saturated heterocycles. The van der Waals surface area contributed by atoms with Crippen LogP contribution in [0.1, 0.15) is 20.7 Å².